The van der Waals surface area contributed by atoms with E-state index in [-0.39, 0.29) is 0 Å². The number of nitriles is 1. The van der Waals surface area contributed by atoms with Gasteiger partial charge >= 0.3 is 5.97 Å². The SMILES string of the molecule is N#Cc1ccc(CCc2ccc(/C=C(\O)C(=O)O)nc2)cc1. The molecule has 0 aliphatic heterocycles. The van der Waals surface area contributed by atoms with Crippen LogP contribution in [0.1, 0.15) is 22.4 Å². The molecule has 2 rings (SSSR count). The van der Waals surface area contributed by atoms with Gasteiger partial charge in [-0.1, -0.05) is 18.2 Å². The van der Waals surface area contributed by atoms with Crippen LogP contribution in [0, 0.1) is 11.3 Å². The molecule has 0 fully saturated rings. The normalized spacial score (nSPS) is 11.0. The molecule has 0 spiro atoms. The predicted molar refractivity (Wildman–Crippen MR) is 81.0 cm³/mol. The lowest BCUT2D eigenvalue weighted by molar-refractivity contribution is -0.135. The van der Waals surface area contributed by atoms with Crippen LogP contribution in [0.3, 0.4) is 0 Å². The highest BCUT2D eigenvalue weighted by Gasteiger charge is 2.04. The Kier molecular flexibility index (Phi) is 4.89. The molecule has 1 aromatic carbocycles. The number of carbonyl (C=O) groups is 1. The molecule has 0 unspecified atom stereocenters. The Balaban J connectivity index is 1.98. The number of aryl methyl sites for hydroxylation is 2. The number of carboxylic acid groups (broad SMARTS) is 1. The molecule has 5 heteroatoms. The number of aliphatic hydroxyl groups excluding tert-OH is 1. The molecular formula is C17H14N2O3. The summed E-state index contributed by atoms with van der Waals surface area (Å²) in [5.41, 5.74) is 3.17. The molecule has 0 bridgehead atoms. The average molecular weight is 294 g/mol. The molecule has 110 valence electrons. The zero-order chi connectivity index (χ0) is 15.9. The van der Waals surface area contributed by atoms with Crippen molar-refractivity contribution >= 4 is 12.0 Å². The van der Waals surface area contributed by atoms with E-state index in [1.807, 2.05) is 18.2 Å². The van der Waals surface area contributed by atoms with Gasteiger partial charge in [0.1, 0.15) is 0 Å². The number of pyridine rings is 1. The van der Waals surface area contributed by atoms with Crippen molar-refractivity contribution < 1.29 is 15.0 Å². The van der Waals surface area contributed by atoms with Gasteiger partial charge in [0.05, 0.1) is 17.3 Å². The van der Waals surface area contributed by atoms with Crippen LogP contribution in [0.25, 0.3) is 6.08 Å². The van der Waals surface area contributed by atoms with Gasteiger partial charge in [-0.3, -0.25) is 4.98 Å². The van der Waals surface area contributed by atoms with Crippen LogP contribution >= 0.6 is 0 Å². The Bertz CT molecular complexity index is 726. The Morgan fingerprint density at radius 1 is 1.09 bits per heavy atom. The van der Waals surface area contributed by atoms with Gasteiger partial charge < -0.3 is 10.2 Å². The van der Waals surface area contributed by atoms with Gasteiger partial charge in [0, 0.05) is 12.3 Å². The number of hydrogen-bond acceptors (Lipinski definition) is 4. The fourth-order valence-electron chi connectivity index (χ4n) is 1.91. The molecule has 0 atom stereocenters. The maximum atomic E-state index is 10.5. The smallest absolute Gasteiger partial charge is 0.371 e. The third kappa shape index (κ3) is 4.18. The topological polar surface area (TPSA) is 94.2 Å². The molecule has 1 heterocycles. The summed E-state index contributed by atoms with van der Waals surface area (Å²) in [6, 6.07) is 13.0. The summed E-state index contributed by atoms with van der Waals surface area (Å²) in [5, 5.41) is 26.5. The minimum absolute atomic E-state index is 0.391. The van der Waals surface area contributed by atoms with Crippen molar-refractivity contribution in [2.75, 3.05) is 0 Å². The second kappa shape index (κ2) is 7.04. The lowest BCUT2D eigenvalue weighted by Crippen LogP contribution is -1.99. The Morgan fingerprint density at radius 3 is 2.27 bits per heavy atom. The molecule has 5 nitrogen and oxygen atoms in total. The second-order valence-electron chi connectivity index (χ2n) is 4.73. The van der Waals surface area contributed by atoms with Gasteiger partial charge in [0.15, 0.2) is 0 Å². The Labute approximate surface area is 127 Å². The van der Waals surface area contributed by atoms with Gasteiger partial charge in [-0.05, 0) is 42.2 Å². The summed E-state index contributed by atoms with van der Waals surface area (Å²) in [5.74, 6) is -2.12. The Hall–Kier alpha value is -3.13. The lowest BCUT2D eigenvalue weighted by Gasteiger charge is -2.03. The molecule has 0 amide bonds. The minimum atomic E-state index is -1.38. The molecule has 0 radical (unpaired) electrons. The van der Waals surface area contributed by atoms with Crippen molar-refractivity contribution in [3.05, 3.63) is 70.7 Å². The summed E-state index contributed by atoms with van der Waals surface area (Å²) >= 11 is 0. The standard InChI is InChI=1S/C17H14N2O3/c18-10-13-4-1-12(2-5-13)3-6-14-7-8-15(19-11-14)9-16(20)17(21)22/h1-2,4-5,7-9,11,20H,3,6H2,(H,21,22)/b16-9-. The molecule has 22 heavy (non-hydrogen) atoms. The summed E-state index contributed by atoms with van der Waals surface area (Å²) < 4.78 is 0. The maximum absolute atomic E-state index is 10.5. The van der Waals surface area contributed by atoms with Crippen LogP contribution in [0.4, 0.5) is 0 Å². The number of hydrogen-bond donors (Lipinski definition) is 2. The average Bonchev–Trinajstić information content (AvgIpc) is 2.54. The molecule has 0 saturated carbocycles. The summed E-state index contributed by atoms with van der Waals surface area (Å²) in [6.45, 7) is 0. The van der Waals surface area contributed by atoms with E-state index in [2.05, 4.69) is 11.1 Å². The number of aromatic nitrogens is 1. The fourth-order valence-corrected chi connectivity index (χ4v) is 1.91. The Morgan fingerprint density at radius 2 is 1.73 bits per heavy atom. The van der Waals surface area contributed by atoms with E-state index in [9.17, 15) is 4.79 Å². The monoisotopic (exact) mass is 294 g/mol. The summed E-state index contributed by atoms with van der Waals surface area (Å²) in [7, 11) is 0. The zero-order valence-electron chi connectivity index (χ0n) is 11.7. The lowest BCUT2D eigenvalue weighted by atomic mass is 10.0. The number of rotatable bonds is 5. The van der Waals surface area contributed by atoms with E-state index < -0.39 is 11.7 Å². The first kappa shape index (κ1) is 15.3. The maximum Gasteiger partial charge on any atom is 0.371 e. The summed E-state index contributed by atoms with van der Waals surface area (Å²) in [6.07, 6.45) is 4.37. The van der Waals surface area contributed by atoms with Crippen LogP contribution in [0.2, 0.25) is 0 Å². The van der Waals surface area contributed by atoms with Crippen molar-refractivity contribution in [2.45, 2.75) is 12.8 Å². The third-order valence-corrected chi connectivity index (χ3v) is 3.14. The zero-order valence-corrected chi connectivity index (χ0v) is 11.7. The molecule has 0 saturated heterocycles. The van der Waals surface area contributed by atoms with E-state index in [4.69, 9.17) is 15.5 Å². The fraction of sp³-hybridized carbons (Fsp3) is 0.118. The number of benzene rings is 1. The van der Waals surface area contributed by atoms with Gasteiger partial charge in [0.25, 0.3) is 0 Å². The first-order valence-electron chi connectivity index (χ1n) is 6.66. The molecule has 2 aromatic rings. The largest absolute Gasteiger partial charge is 0.502 e. The highest BCUT2D eigenvalue weighted by atomic mass is 16.4. The predicted octanol–water partition coefficient (Wildman–Crippen LogP) is 2.72. The van der Waals surface area contributed by atoms with Gasteiger partial charge in [-0.2, -0.15) is 5.26 Å². The molecular weight excluding hydrogens is 280 g/mol. The van der Waals surface area contributed by atoms with Crippen molar-refractivity contribution in [3.8, 4) is 6.07 Å². The molecule has 2 N–H and O–H groups in total. The minimum Gasteiger partial charge on any atom is -0.502 e. The number of aliphatic carboxylic acids is 1. The van der Waals surface area contributed by atoms with Crippen molar-refractivity contribution in [2.24, 2.45) is 0 Å². The third-order valence-electron chi connectivity index (χ3n) is 3.14. The highest BCUT2D eigenvalue weighted by molar-refractivity contribution is 5.88. The van der Waals surface area contributed by atoms with Crippen LogP contribution in [-0.2, 0) is 17.6 Å². The van der Waals surface area contributed by atoms with E-state index in [1.165, 1.54) is 0 Å². The van der Waals surface area contributed by atoms with E-state index in [0.717, 1.165) is 30.0 Å². The number of aliphatic hydroxyl groups is 1. The first-order chi connectivity index (χ1) is 10.6. The molecule has 1 aromatic heterocycles. The molecule has 0 aliphatic rings. The second-order valence-corrected chi connectivity index (χ2v) is 4.73. The number of nitrogens with zero attached hydrogens (tertiary/aromatic N) is 2. The van der Waals surface area contributed by atoms with E-state index >= 15 is 0 Å². The summed E-state index contributed by atoms with van der Waals surface area (Å²) in [4.78, 5) is 14.6. The van der Waals surface area contributed by atoms with Crippen LogP contribution in [-0.4, -0.2) is 21.2 Å². The van der Waals surface area contributed by atoms with E-state index in [1.54, 1.807) is 24.4 Å². The van der Waals surface area contributed by atoms with Crippen molar-refractivity contribution in [1.82, 2.24) is 4.98 Å². The van der Waals surface area contributed by atoms with Gasteiger partial charge in [0.2, 0.25) is 5.76 Å². The van der Waals surface area contributed by atoms with E-state index in [0.29, 0.717) is 11.3 Å². The first-order valence-corrected chi connectivity index (χ1v) is 6.66. The van der Waals surface area contributed by atoms with Crippen LogP contribution in [0.15, 0.2) is 48.4 Å². The quantitative estimate of drug-likeness (QED) is 0.653. The van der Waals surface area contributed by atoms with Crippen LogP contribution < -0.4 is 0 Å². The molecule has 0 aliphatic carbocycles. The number of carboxylic acids is 1. The van der Waals surface area contributed by atoms with Crippen molar-refractivity contribution in [3.63, 3.8) is 0 Å². The highest BCUT2D eigenvalue weighted by Crippen LogP contribution is 2.10. The van der Waals surface area contributed by atoms with Gasteiger partial charge in [-0.25, -0.2) is 4.79 Å². The van der Waals surface area contributed by atoms with Crippen LogP contribution in [0.5, 0.6) is 0 Å². The van der Waals surface area contributed by atoms with Crippen molar-refractivity contribution in [1.29, 1.82) is 5.26 Å². The van der Waals surface area contributed by atoms with Gasteiger partial charge in [-0.15, -0.1) is 0 Å².